The molecule has 1 aliphatic carbocycles. The molecule has 0 fully saturated rings. The van der Waals surface area contributed by atoms with Gasteiger partial charge in [-0.1, -0.05) is 146 Å². The molecule has 1 aliphatic rings. The van der Waals surface area contributed by atoms with Crippen LogP contribution in [0.25, 0.3) is 0 Å². The fourth-order valence-electron chi connectivity index (χ4n) is 9.83. The zero-order valence-electron chi connectivity index (χ0n) is 34.9. The van der Waals surface area contributed by atoms with Crippen molar-refractivity contribution in [2.45, 2.75) is 49.4 Å². The van der Waals surface area contributed by atoms with Gasteiger partial charge in [-0.05, 0) is 72.2 Å². The number of hydrogen-bond donors (Lipinski definition) is 8. The average Bonchev–Trinajstić information content (AvgIpc) is 3.29. The molecule has 8 bridgehead atoms. The summed E-state index contributed by atoms with van der Waals surface area (Å²) in [7, 11) is 0. The van der Waals surface area contributed by atoms with E-state index in [0.29, 0.717) is 0 Å². The van der Waals surface area contributed by atoms with Crippen LogP contribution < -0.4 is 0 Å². The Hall–Kier alpha value is -7.84. The smallest absolute Gasteiger partial charge is 0.126 e. The topological polar surface area (TPSA) is 162 Å². The predicted molar refractivity (Wildman–Crippen MR) is 247 cm³/mol. The molecule has 0 heterocycles. The van der Waals surface area contributed by atoms with E-state index < -0.39 is 23.7 Å². The highest BCUT2D eigenvalue weighted by Gasteiger charge is 2.37. The Morgan fingerprint density at radius 1 is 0.234 bits per heavy atom. The standard InChI is InChI=1S/C56H48O8/c57-45-26-22-38-42(30-34-15-7-2-8-16-34)51-47(59)28-24-40(56(51)64)44(32-36-19-11-4-12-20-36)52-48(60)27-23-39(55(52)63)43(31-35-17-9-3-10-18-35)50-46(58)25-21-37(53(50)61)41(49(45)54(38)62)29-33-13-5-1-6-14-33/h1-28,41-44,57-64H,29-32H2/t41-,42+,43+,44-. The summed E-state index contributed by atoms with van der Waals surface area (Å²) < 4.78 is 0. The molecule has 0 amide bonds. The lowest BCUT2D eigenvalue weighted by atomic mass is 9.75. The number of benzene rings is 8. The minimum Gasteiger partial charge on any atom is -0.508 e. The molecule has 8 aromatic carbocycles. The van der Waals surface area contributed by atoms with E-state index in [2.05, 4.69) is 0 Å². The number of phenols is 8. The second-order valence-corrected chi connectivity index (χ2v) is 16.7. The number of hydrogen-bond acceptors (Lipinski definition) is 8. The van der Waals surface area contributed by atoms with E-state index in [1.54, 1.807) is 24.3 Å². The molecule has 64 heavy (non-hydrogen) atoms. The SMILES string of the molecule is Oc1ccc2c(O)c1[C@H](Cc1ccccc1)c1ccc(O)c(c1O)[C@@H](Cc1ccccc1)c1ccc(O)c(c1O)[C@H](Cc1ccccc1)c1ccc(O)c(c1O)[C@H]2Cc1ccccc1. The third-order valence-corrected chi connectivity index (χ3v) is 12.9. The van der Waals surface area contributed by atoms with Crippen molar-refractivity contribution in [2.75, 3.05) is 0 Å². The van der Waals surface area contributed by atoms with Crippen molar-refractivity contribution in [3.63, 3.8) is 0 Å². The highest BCUT2D eigenvalue weighted by molar-refractivity contribution is 5.67. The molecule has 0 saturated heterocycles. The van der Waals surface area contributed by atoms with Crippen molar-refractivity contribution >= 4 is 0 Å². The number of rotatable bonds is 8. The minimum atomic E-state index is -0.919. The van der Waals surface area contributed by atoms with Gasteiger partial charge in [0.1, 0.15) is 46.0 Å². The van der Waals surface area contributed by atoms with Gasteiger partial charge in [-0.25, -0.2) is 0 Å². The van der Waals surface area contributed by atoms with Crippen LogP contribution in [0.15, 0.2) is 170 Å². The lowest BCUT2D eigenvalue weighted by Gasteiger charge is -2.30. The molecule has 0 unspecified atom stereocenters. The first-order valence-electron chi connectivity index (χ1n) is 21.4. The lowest BCUT2D eigenvalue weighted by Crippen LogP contribution is -2.15. The normalized spacial score (nSPS) is 16.9. The van der Waals surface area contributed by atoms with Gasteiger partial charge in [0.15, 0.2) is 0 Å². The Morgan fingerprint density at radius 2 is 0.422 bits per heavy atom. The van der Waals surface area contributed by atoms with Gasteiger partial charge < -0.3 is 40.9 Å². The molecular weight excluding hydrogens is 801 g/mol. The van der Waals surface area contributed by atoms with Crippen LogP contribution in [0.1, 0.15) is 90.4 Å². The fraction of sp³-hybridized carbons (Fsp3) is 0.143. The van der Waals surface area contributed by atoms with Crippen LogP contribution >= 0.6 is 0 Å². The summed E-state index contributed by atoms with van der Waals surface area (Å²) in [6, 6.07) is 50.1. The quantitative estimate of drug-likeness (QED) is 0.0749. The monoisotopic (exact) mass is 848 g/mol. The second-order valence-electron chi connectivity index (χ2n) is 16.7. The largest absolute Gasteiger partial charge is 0.508 e. The van der Waals surface area contributed by atoms with Crippen molar-refractivity contribution in [1.29, 1.82) is 0 Å². The zero-order chi connectivity index (χ0) is 44.5. The first kappa shape index (κ1) is 41.5. The Morgan fingerprint density at radius 3 is 0.609 bits per heavy atom. The number of aromatic hydroxyl groups is 8. The number of phenolic OH excluding ortho intramolecular Hbond substituents is 8. The summed E-state index contributed by atoms with van der Waals surface area (Å²) in [6.07, 6.45) is 0.768. The van der Waals surface area contributed by atoms with Gasteiger partial charge in [0, 0.05) is 68.2 Å². The molecule has 0 aliphatic heterocycles. The van der Waals surface area contributed by atoms with Crippen molar-refractivity contribution in [2.24, 2.45) is 0 Å². The molecule has 8 nitrogen and oxygen atoms in total. The van der Waals surface area contributed by atoms with E-state index in [1.165, 1.54) is 24.3 Å². The molecule has 8 aromatic rings. The van der Waals surface area contributed by atoms with E-state index in [9.17, 15) is 40.9 Å². The Labute approximate surface area is 371 Å². The van der Waals surface area contributed by atoms with Crippen molar-refractivity contribution in [3.8, 4) is 46.0 Å². The molecule has 0 aromatic heterocycles. The van der Waals surface area contributed by atoms with E-state index in [-0.39, 0.29) is 116 Å². The first-order chi connectivity index (χ1) is 31.1. The molecule has 320 valence electrons. The zero-order valence-corrected chi connectivity index (χ0v) is 34.9. The van der Waals surface area contributed by atoms with Crippen molar-refractivity contribution in [3.05, 3.63) is 237 Å². The van der Waals surface area contributed by atoms with Crippen LogP contribution in [0, 0.1) is 0 Å². The number of fused-ring (bicyclic) bond motifs is 8. The Bertz CT molecular complexity index is 2530. The van der Waals surface area contributed by atoms with Crippen LogP contribution in [0.5, 0.6) is 46.0 Å². The predicted octanol–water partition coefficient (Wildman–Crippen LogP) is 11.1. The van der Waals surface area contributed by atoms with E-state index >= 15 is 0 Å². The van der Waals surface area contributed by atoms with Crippen LogP contribution in [-0.4, -0.2) is 40.9 Å². The maximum absolute atomic E-state index is 12.8. The van der Waals surface area contributed by atoms with Crippen LogP contribution in [-0.2, 0) is 25.7 Å². The minimum absolute atomic E-state index is 0.102. The van der Waals surface area contributed by atoms with Gasteiger partial charge in [0.2, 0.25) is 0 Å². The van der Waals surface area contributed by atoms with Crippen LogP contribution in [0.4, 0.5) is 0 Å². The first-order valence-corrected chi connectivity index (χ1v) is 21.4. The molecule has 8 N–H and O–H groups in total. The summed E-state index contributed by atoms with van der Waals surface area (Å²) in [6.45, 7) is 0. The third-order valence-electron chi connectivity index (χ3n) is 12.9. The van der Waals surface area contributed by atoms with Gasteiger partial charge in [-0.3, -0.25) is 0 Å². The summed E-state index contributed by atoms with van der Waals surface area (Å²) >= 11 is 0. The van der Waals surface area contributed by atoms with Gasteiger partial charge in [0.05, 0.1) is 0 Å². The fourth-order valence-corrected chi connectivity index (χ4v) is 9.83. The van der Waals surface area contributed by atoms with Crippen LogP contribution in [0.3, 0.4) is 0 Å². The van der Waals surface area contributed by atoms with Crippen molar-refractivity contribution < 1.29 is 40.9 Å². The third kappa shape index (κ3) is 7.79. The Balaban J connectivity index is 1.41. The summed E-state index contributed by atoms with van der Waals surface area (Å²) in [4.78, 5) is 0. The highest BCUT2D eigenvalue weighted by atomic mass is 16.3. The van der Waals surface area contributed by atoms with Gasteiger partial charge >= 0.3 is 0 Å². The van der Waals surface area contributed by atoms with Crippen LogP contribution in [0.2, 0.25) is 0 Å². The van der Waals surface area contributed by atoms with Gasteiger partial charge in [-0.15, -0.1) is 0 Å². The summed E-state index contributed by atoms with van der Waals surface area (Å²) in [5.41, 5.74) is 4.88. The highest BCUT2D eigenvalue weighted by Crippen LogP contribution is 2.55. The van der Waals surface area contributed by atoms with Gasteiger partial charge in [0.25, 0.3) is 0 Å². The second kappa shape index (κ2) is 17.5. The summed E-state index contributed by atoms with van der Waals surface area (Å²) in [5, 5.41) is 98.8. The molecule has 0 saturated carbocycles. The molecular formula is C56H48O8. The van der Waals surface area contributed by atoms with E-state index in [4.69, 9.17) is 0 Å². The molecule has 8 heteroatoms. The summed E-state index contributed by atoms with van der Waals surface area (Å²) in [5.74, 6) is -5.86. The molecule has 0 spiro atoms. The van der Waals surface area contributed by atoms with E-state index in [0.717, 1.165) is 22.3 Å². The maximum atomic E-state index is 12.8. The maximum Gasteiger partial charge on any atom is 0.126 e. The van der Waals surface area contributed by atoms with E-state index in [1.807, 2.05) is 121 Å². The lowest BCUT2D eigenvalue weighted by molar-refractivity contribution is 0.406. The van der Waals surface area contributed by atoms with Crippen molar-refractivity contribution in [1.82, 2.24) is 0 Å². The molecule has 9 rings (SSSR count). The average molecular weight is 849 g/mol. The molecule has 4 atom stereocenters. The molecule has 0 radical (unpaired) electrons. The Kier molecular flexibility index (Phi) is 11.3. The van der Waals surface area contributed by atoms with Gasteiger partial charge in [-0.2, -0.15) is 0 Å².